The number of carbonyl (C=O) groups excluding carboxylic acids is 1. The summed E-state index contributed by atoms with van der Waals surface area (Å²) in [6.45, 7) is 9.49. The normalized spacial score (nSPS) is 15.6. The van der Waals surface area contributed by atoms with E-state index in [1.54, 1.807) is 0 Å². The van der Waals surface area contributed by atoms with Crippen molar-refractivity contribution in [1.29, 1.82) is 0 Å². The first-order valence-electron chi connectivity index (χ1n) is 11.8. The van der Waals surface area contributed by atoms with Crippen LogP contribution in [-0.4, -0.2) is 63.6 Å². The summed E-state index contributed by atoms with van der Waals surface area (Å²) < 4.78 is 2.03. The zero-order valence-corrected chi connectivity index (χ0v) is 19.2. The van der Waals surface area contributed by atoms with Gasteiger partial charge < -0.3 is 15.5 Å². The molecule has 2 aromatic heterocycles. The summed E-state index contributed by atoms with van der Waals surface area (Å²) in [6.07, 6.45) is 7.52. The van der Waals surface area contributed by atoms with E-state index in [4.69, 9.17) is 4.99 Å². The average molecular weight is 428 g/mol. The minimum absolute atomic E-state index is 0.172. The van der Waals surface area contributed by atoms with Gasteiger partial charge in [-0.15, -0.1) is 10.2 Å². The Morgan fingerprint density at radius 2 is 1.97 bits per heavy atom. The highest BCUT2D eigenvalue weighted by Gasteiger charge is 2.26. The fourth-order valence-corrected chi connectivity index (χ4v) is 4.14. The second-order valence-corrected chi connectivity index (χ2v) is 8.17. The van der Waals surface area contributed by atoms with Crippen molar-refractivity contribution in [3.8, 4) is 0 Å². The highest BCUT2D eigenvalue weighted by atomic mass is 16.2. The number of aryl methyl sites for hydroxylation is 1. The number of carbonyl (C=O) groups is 1. The Morgan fingerprint density at radius 3 is 2.68 bits per heavy atom. The Morgan fingerprint density at radius 1 is 1.19 bits per heavy atom. The number of piperidine rings is 1. The smallest absolute Gasteiger partial charge is 0.225 e. The third-order valence-corrected chi connectivity index (χ3v) is 6.04. The maximum Gasteiger partial charge on any atom is 0.225 e. The van der Waals surface area contributed by atoms with Gasteiger partial charge in [-0.1, -0.05) is 19.9 Å². The number of hydrogen-bond acceptors (Lipinski definition) is 4. The van der Waals surface area contributed by atoms with E-state index in [1.807, 2.05) is 33.7 Å². The molecule has 0 unspecified atom stereocenters. The molecule has 8 nitrogen and oxygen atoms in total. The summed E-state index contributed by atoms with van der Waals surface area (Å²) in [4.78, 5) is 19.4. The largest absolute Gasteiger partial charge is 0.357 e. The second-order valence-electron chi connectivity index (χ2n) is 8.17. The van der Waals surface area contributed by atoms with Crippen LogP contribution in [0.2, 0.25) is 0 Å². The van der Waals surface area contributed by atoms with Crippen LogP contribution in [0.15, 0.2) is 29.4 Å². The Hall–Kier alpha value is -2.64. The van der Waals surface area contributed by atoms with Crippen LogP contribution in [0.25, 0.3) is 5.65 Å². The topological polar surface area (TPSA) is 86.9 Å². The first-order valence-corrected chi connectivity index (χ1v) is 11.8. The van der Waals surface area contributed by atoms with Crippen molar-refractivity contribution in [3.05, 3.63) is 30.2 Å². The van der Waals surface area contributed by atoms with Gasteiger partial charge in [0.25, 0.3) is 0 Å². The summed E-state index contributed by atoms with van der Waals surface area (Å²) in [5.74, 6) is 2.33. The predicted octanol–water partition coefficient (Wildman–Crippen LogP) is 2.64. The minimum atomic E-state index is 0.172. The molecule has 0 saturated carbocycles. The number of guanidine groups is 1. The third kappa shape index (κ3) is 6.18. The monoisotopic (exact) mass is 427 g/mol. The van der Waals surface area contributed by atoms with Crippen molar-refractivity contribution in [3.63, 3.8) is 0 Å². The molecule has 1 amide bonds. The number of aliphatic imine (C=N–C) groups is 1. The van der Waals surface area contributed by atoms with Crippen LogP contribution in [0.1, 0.15) is 58.7 Å². The number of nitrogens with one attached hydrogen (secondary N) is 2. The number of hydrogen-bond donors (Lipinski definition) is 2. The molecule has 3 heterocycles. The number of nitrogens with zero attached hydrogens (tertiary/aromatic N) is 5. The van der Waals surface area contributed by atoms with Gasteiger partial charge in [-0.05, 0) is 51.2 Å². The first-order chi connectivity index (χ1) is 15.2. The van der Waals surface area contributed by atoms with Crippen LogP contribution < -0.4 is 10.6 Å². The minimum Gasteiger partial charge on any atom is -0.357 e. The predicted molar refractivity (Wildman–Crippen MR) is 124 cm³/mol. The lowest BCUT2D eigenvalue weighted by Crippen LogP contribution is -2.50. The molecule has 31 heavy (non-hydrogen) atoms. The Bertz CT molecular complexity index is 850. The van der Waals surface area contributed by atoms with Crippen LogP contribution >= 0.6 is 0 Å². The maximum atomic E-state index is 12.6. The van der Waals surface area contributed by atoms with Gasteiger partial charge in [-0.3, -0.25) is 14.2 Å². The fraction of sp³-hybridized carbons (Fsp3) is 0.652. The van der Waals surface area contributed by atoms with Crippen molar-refractivity contribution in [2.45, 2.75) is 65.3 Å². The maximum absolute atomic E-state index is 12.6. The summed E-state index contributed by atoms with van der Waals surface area (Å²) in [5.41, 5.74) is 0.880. The zero-order chi connectivity index (χ0) is 22.1. The Balaban J connectivity index is 1.46. The summed E-state index contributed by atoms with van der Waals surface area (Å²) in [6, 6.07) is 6.28. The quantitative estimate of drug-likeness (QED) is 0.365. The lowest BCUT2D eigenvalue weighted by molar-refractivity contribution is -0.136. The molecule has 1 aliphatic rings. The molecule has 1 saturated heterocycles. The van der Waals surface area contributed by atoms with Crippen LogP contribution in [0, 0.1) is 5.92 Å². The van der Waals surface area contributed by atoms with Crippen molar-refractivity contribution in [1.82, 2.24) is 30.1 Å². The summed E-state index contributed by atoms with van der Waals surface area (Å²) >= 11 is 0. The van der Waals surface area contributed by atoms with Gasteiger partial charge in [-0.25, -0.2) is 0 Å². The van der Waals surface area contributed by atoms with E-state index in [-0.39, 0.29) is 5.92 Å². The molecule has 0 bridgehead atoms. The molecular formula is C23H37N7O. The van der Waals surface area contributed by atoms with E-state index in [0.717, 1.165) is 82.1 Å². The first kappa shape index (κ1) is 23.0. The van der Waals surface area contributed by atoms with Crippen molar-refractivity contribution in [2.75, 3.05) is 26.2 Å². The molecule has 1 aliphatic heterocycles. The van der Waals surface area contributed by atoms with Gasteiger partial charge in [0.15, 0.2) is 11.6 Å². The van der Waals surface area contributed by atoms with Gasteiger partial charge in [0, 0.05) is 50.8 Å². The van der Waals surface area contributed by atoms with Crippen LogP contribution in [-0.2, 0) is 11.2 Å². The van der Waals surface area contributed by atoms with Gasteiger partial charge in [-0.2, -0.15) is 0 Å². The van der Waals surface area contributed by atoms with E-state index < -0.39 is 0 Å². The molecule has 2 aromatic rings. The highest BCUT2D eigenvalue weighted by Crippen LogP contribution is 2.17. The SMILES string of the molecule is CCNC(=NCCCc1nnc2ccccn12)NC1CCN(C(=O)C(CC)CC)CC1. The van der Waals surface area contributed by atoms with E-state index in [1.165, 1.54) is 0 Å². The molecule has 0 atom stereocenters. The number of aromatic nitrogens is 3. The van der Waals surface area contributed by atoms with Crippen LogP contribution in [0.5, 0.6) is 0 Å². The molecule has 2 N–H and O–H groups in total. The van der Waals surface area contributed by atoms with Gasteiger partial charge in [0.05, 0.1) is 0 Å². The molecule has 1 fully saturated rings. The van der Waals surface area contributed by atoms with Gasteiger partial charge in [0.1, 0.15) is 5.82 Å². The Kier molecular flexibility index (Phi) is 8.67. The Labute approximate surface area is 185 Å². The molecule has 0 aliphatic carbocycles. The van der Waals surface area contributed by atoms with Crippen LogP contribution in [0.3, 0.4) is 0 Å². The molecule has 0 spiro atoms. The third-order valence-electron chi connectivity index (χ3n) is 6.04. The molecule has 170 valence electrons. The van der Waals surface area contributed by atoms with Crippen molar-refractivity contribution < 1.29 is 4.79 Å². The fourth-order valence-electron chi connectivity index (χ4n) is 4.14. The number of fused-ring (bicyclic) bond motifs is 1. The van der Waals surface area contributed by atoms with E-state index in [2.05, 4.69) is 41.6 Å². The van der Waals surface area contributed by atoms with Crippen LogP contribution in [0.4, 0.5) is 0 Å². The highest BCUT2D eigenvalue weighted by molar-refractivity contribution is 5.80. The lowest BCUT2D eigenvalue weighted by Gasteiger charge is -2.34. The molecular weight excluding hydrogens is 390 g/mol. The zero-order valence-electron chi connectivity index (χ0n) is 19.2. The average Bonchev–Trinajstić information content (AvgIpc) is 3.21. The number of pyridine rings is 1. The number of amides is 1. The van der Waals surface area contributed by atoms with Crippen molar-refractivity contribution >= 4 is 17.5 Å². The molecule has 3 rings (SSSR count). The van der Waals surface area contributed by atoms with Gasteiger partial charge >= 0.3 is 0 Å². The van der Waals surface area contributed by atoms with E-state index >= 15 is 0 Å². The van der Waals surface area contributed by atoms with E-state index in [9.17, 15) is 4.79 Å². The second kappa shape index (κ2) is 11.7. The summed E-state index contributed by atoms with van der Waals surface area (Å²) in [7, 11) is 0. The number of likely N-dealkylation sites (tertiary alicyclic amines) is 1. The standard InChI is InChI=1S/C23H37N7O/c1-4-18(5-2)22(31)29-16-12-19(13-17-29)26-23(24-6-3)25-14-9-11-21-28-27-20-10-7-8-15-30(20)21/h7-8,10,15,18-19H,4-6,9,11-14,16-17H2,1-3H3,(H2,24,25,26). The number of rotatable bonds is 9. The van der Waals surface area contributed by atoms with Gasteiger partial charge in [0.2, 0.25) is 5.91 Å². The summed E-state index contributed by atoms with van der Waals surface area (Å²) in [5, 5.41) is 15.4. The van der Waals surface area contributed by atoms with Crippen molar-refractivity contribution in [2.24, 2.45) is 10.9 Å². The lowest BCUT2D eigenvalue weighted by atomic mass is 9.98. The van der Waals surface area contributed by atoms with E-state index in [0.29, 0.717) is 11.9 Å². The molecule has 0 aromatic carbocycles. The molecule has 0 radical (unpaired) electrons. The molecule has 8 heteroatoms.